The summed E-state index contributed by atoms with van der Waals surface area (Å²) in [5, 5.41) is 3.11. The molecule has 4 nitrogen and oxygen atoms in total. The molecular formula is C18H23N3O. The highest BCUT2D eigenvalue weighted by Crippen LogP contribution is 2.16. The van der Waals surface area contributed by atoms with Crippen LogP contribution in [0.3, 0.4) is 0 Å². The first-order valence-electron chi connectivity index (χ1n) is 7.38. The van der Waals surface area contributed by atoms with Gasteiger partial charge in [0.1, 0.15) is 12.4 Å². The molecule has 0 saturated heterocycles. The fourth-order valence-corrected chi connectivity index (χ4v) is 2.27. The molecule has 0 amide bonds. The lowest BCUT2D eigenvalue weighted by Crippen LogP contribution is -2.23. The van der Waals surface area contributed by atoms with Crippen molar-refractivity contribution >= 4 is 11.6 Å². The quantitative estimate of drug-likeness (QED) is 0.505. The van der Waals surface area contributed by atoms with Crippen molar-refractivity contribution in [2.24, 2.45) is 10.7 Å². The number of nitrogens with one attached hydrogen (secondary N) is 1. The first kappa shape index (κ1) is 15.9. The molecule has 22 heavy (non-hydrogen) atoms. The summed E-state index contributed by atoms with van der Waals surface area (Å²) in [6.07, 6.45) is 0. The summed E-state index contributed by atoms with van der Waals surface area (Å²) in [6, 6.07) is 14.1. The Morgan fingerprint density at radius 3 is 2.45 bits per heavy atom. The van der Waals surface area contributed by atoms with Crippen LogP contribution in [-0.4, -0.2) is 19.1 Å². The van der Waals surface area contributed by atoms with Crippen molar-refractivity contribution in [3.05, 3.63) is 59.2 Å². The maximum absolute atomic E-state index is 5.90. The van der Waals surface area contributed by atoms with Crippen molar-refractivity contribution in [3.8, 4) is 5.75 Å². The molecule has 0 radical (unpaired) electrons. The van der Waals surface area contributed by atoms with E-state index in [1.165, 1.54) is 11.1 Å². The maximum atomic E-state index is 5.90. The second-order valence-electron chi connectivity index (χ2n) is 5.38. The molecule has 0 aliphatic carbocycles. The zero-order valence-corrected chi connectivity index (χ0v) is 13.4. The summed E-state index contributed by atoms with van der Waals surface area (Å²) < 4.78 is 5.69. The number of ether oxygens (including phenoxy) is 1. The maximum Gasteiger partial charge on any atom is 0.193 e. The van der Waals surface area contributed by atoms with Crippen LogP contribution in [0.4, 0.5) is 5.69 Å². The third-order valence-electron chi connectivity index (χ3n) is 3.22. The Kier molecular flexibility index (Phi) is 5.42. The van der Waals surface area contributed by atoms with Gasteiger partial charge in [-0.2, -0.15) is 0 Å². The third kappa shape index (κ3) is 4.81. The fourth-order valence-electron chi connectivity index (χ4n) is 2.27. The van der Waals surface area contributed by atoms with Crippen LogP contribution in [-0.2, 0) is 0 Å². The van der Waals surface area contributed by atoms with Gasteiger partial charge in [-0.3, -0.25) is 0 Å². The minimum Gasteiger partial charge on any atom is -0.491 e. The average Bonchev–Trinajstić information content (AvgIpc) is 2.44. The second-order valence-corrected chi connectivity index (χ2v) is 5.38. The van der Waals surface area contributed by atoms with E-state index < -0.39 is 0 Å². The molecule has 0 atom stereocenters. The van der Waals surface area contributed by atoms with E-state index in [9.17, 15) is 0 Å². The number of anilines is 1. The average molecular weight is 297 g/mol. The van der Waals surface area contributed by atoms with Gasteiger partial charge in [-0.1, -0.05) is 24.3 Å². The highest BCUT2D eigenvalue weighted by molar-refractivity contribution is 5.92. The molecule has 2 aromatic rings. The van der Waals surface area contributed by atoms with Gasteiger partial charge in [0, 0.05) is 5.69 Å². The Balaban J connectivity index is 1.84. The number of nitrogens with zero attached hydrogens (tertiary/aromatic N) is 1. The van der Waals surface area contributed by atoms with Crippen molar-refractivity contribution in [2.75, 3.05) is 18.5 Å². The van der Waals surface area contributed by atoms with E-state index >= 15 is 0 Å². The van der Waals surface area contributed by atoms with Crippen LogP contribution in [0.1, 0.15) is 16.7 Å². The number of guanidine groups is 1. The van der Waals surface area contributed by atoms with Crippen LogP contribution in [0.2, 0.25) is 0 Å². The molecule has 2 rings (SSSR count). The van der Waals surface area contributed by atoms with Gasteiger partial charge < -0.3 is 15.8 Å². The standard InChI is InChI=1S/C18H23N3O/c1-13-10-14(2)12-16(11-13)21-18(19)20-8-9-22-17-7-5-4-6-15(17)3/h4-7,10-12H,8-9H2,1-3H3,(H3,19,20,21). The fraction of sp³-hybridized carbons (Fsp3) is 0.278. The summed E-state index contributed by atoms with van der Waals surface area (Å²) in [5.41, 5.74) is 10.4. The summed E-state index contributed by atoms with van der Waals surface area (Å²) in [6.45, 7) is 7.15. The Labute approximate surface area is 132 Å². The molecule has 0 spiro atoms. The van der Waals surface area contributed by atoms with Gasteiger partial charge in [0.25, 0.3) is 0 Å². The van der Waals surface area contributed by atoms with E-state index in [-0.39, 0.29) is 0 Å². The molecule has 0 bridgehead atoms. The van der Waals surface area contributed by atoms with Gasteiger partial charge in [0.2, 0.25) is 0 Å². The molecule has 3 N–H and O–H groups in total. The number of hydrogen-bond acceptors (Lipinski definition) is 2. The molecule has 0 aromatic heterocycles. The topological polar surface area (TPSA) is 59.6 Å². The summed E-state index contributed by atoms with van der Waals surface area (Å²) in [7, 11) is 0. The van der Waals surface area contributed by atoms with Gasteiger partial charge in [-0.15, -0.1) is 0 Å². The Bertz CT molecular complexity index is 645. The summed E-state index contributed by atoms with van der Waals surface area (Å²) >= 11 is 0. The molecule has 0 aliphatic heterocycles. The van der Waals surface area contributed by atoms with Crippen LogP contribution in [0.25, 0.3) is 0 Å². The van der Waals surface area contributed by atoms with E-state index in [2.05, 4.69) is 30.2 Å². The molecule has 0 aliphatic rings. The van der Waals surface area contributed by atoms with Crippen LogP contribution in [0.15, 0.2) is 47.5 Å². The molecule has 116 valence electrons. The summed E-state index contributed by atoms with van der Waals surface area (Å²) in [5.74, 6) is 1.29. The largest absolute Gasteiger partial charge is 0.491 e. The Morgan fingerprint density at radius 2 is 1.77 bits per heavy atom. The number of aliphatic imine (C=N–C) groups is 1. The predicted octanol–water partition coefficient (Wildman–Crippen LogP) is 3.42. The van der Waals surface area contributed by atoms with Crippen LogP contribution < -0.4 is 15.8 Å². The monoisotopic (exact) mass is 297 g/mol. The lowest BCUT2D eigenvalue weighted by atomic mass is 10.1. The lowest BCUT2D eigenvalue weighted by Gasteiger charge is -2.09. The third-order valence-corrected chi connectivity index (χ3v) is 3.22. The molecule has 0 saturated carbocycles. The molecule has 4 heteroatoms. The van der Waals surface area contributed by atoms with Crippen molar-refractivity contribution in [1.29, 1.82) is 0 Å². The smallest absolute Gasteiger partial charge is 0.193 e. The zero-order chi connectivity index (χ0) is 15.9. The van der Waals surface area contributed by atoms with Gasteiger partial charge in [-0.05, 0) is 55.7 Å². The first-order valence-corrected chi connectivity index (χ1v) is 7.38. The summed E-state index contributed by atoms with van der Waals surface area (Å²) in [4.78, 5) is 4.28. The predicted molar refractivity (Wildman–Crippen MR) is 92.7 cm³/mol. The highest BCUT2D eigenvalue weighted by Gasteiger charge is 1.99. The van der Waals surface area contributed by atoms with Crippen molar-refractivity contribution in [3.63, 3.8) is 0 Å². The van der Waals surface area contributed by atoms with E-state index in [0.717, 1.165) is 17.0 Å². The normalized spacial score (nSPS) is 11.3. The number of hydrogen-bond donors (Lipinski definition) is 2. The number of aryl methyl sites for hydroxylation is 3. The van der Waals surface area contributed by atoms with Crippen molar-refractivity contribution in [2.45, 2.75) is 20.8 Å². The number of para-hydroxylation sites is 1. The van der Waals surface area contributed by atoms with E-state index in [1.54, 1.807) is 0 Å². The van der Waals surface area contributed by atoms with E-state index in [1.807, 2.05) is 43.3 Å². The highest BCUT2D eigenvalue weighted by atomic mass is 16.5. The number of rotatable bonds is 5. The van der Waals surface area contributed by atoms with Gasteiger partial charge in [0.05, 0.1) is 6.54 Å². The number of nitrogens with two attached hydrogens (primary N) is 1. The Morgan fingerprint density at radius 1 is 1.09 bits per heavy atom. The SMILES string of the molecule is Cc1cc(C)cc(NC(N)=NCCOc2ccccc2C)c1. The zero-order valence-electron chi connectivity index (χ0n) is 13.4. The van der Waals surface area contributed by atoms with Gasteiger partial charge in [0.15, 0.2) is 5.96 Å². The molecular weight excluding hydrogens is 274 g/mol. The first-order chi connectivity index (χ1) is 10.5. The van der Waals surface area contributed by atoms with E-state index in [0.29, 0.717) is 19.1 Å². The number of benzene rings is 2. The minimum atomic E-state index is 0.401. The van der Waals surface area contributed by atoms with Crippen LogP contribution >= 0.6 is 0 Å². The van der Waals surface area contributed by atoms with Crippen LogP contribution in [0, 0.1) is 20.8 Å². The van der Waals surface area contributed by atoms with Crippen LogP contribution in [0.5, 0.6) is 5.75 Å². The second kappa shape index (κ2) is 7.50. The van der Waals surface area contributed by atoms with Crippen molar-refractivity contribution in [1.82, 2.24) is 0 Å². The molecule has 0 unspecified atom stereocenters. The van der Waals surface area contributed by atoms with Crippen molar-refractivity contribution < 1.29 is 4.74 Å². The molecule has 2 aromatic carbocycles. The lowest BCUT2D eigenvalue weighted by molar-refractivity contribution is 0.326. The Hall–Kier alpha value is -2.49. The van der Waals surface area contributed by atoms with Gasteiger partial charge >= 0.3 is 0 Å². The van der Waals surface area contributed by atoms with E-state index in [4.69, 9.17) is 10.5 Å². The minimum absolute atomic E-state index is 0.401. The van der Waals surface area contributed by atoms with Gasteiger partial charge in [-0.25, -0.2) is 4.99 Å². The molecule has 0 heterocycles. The molecule has 0 fully saturated rings.